The van der Waals surface area contributed by atoms with E-state index in [1.165, 1.54) is 36.6 Å². The predicted molar refractivity (Wildman–Crippen MR) is 141 cm³/mol. The number of nitrogens with one attached hydrogen (secondary N) is 1. The normalized spacial score (nSPS) is 26.6. The molecule has 5 atom stereocenters. The number of aromatic hydroxyl groups is 1. The maximum absolute atomic E-state index is 13.1. The SMILES string of the molecule is CC(C)CCNC[C@]1(O)[C@H](Oc2ccc3c(=O)c(-c4ccc(O)cc4)coc3c2)O[C@H](C(=O)O)[C@@H](O)[C@@]1(O)C=O. The summed E-state index contributed by atoms with van der Waals surface area (Å²) in [4.78, 5) is 36.9. The molecule has 0 radical (unpaired) electrons. The van der Waals surface area contributed by atoms with Crippen LogP contribution in [0.4, 0.5) is 0 Å². The van der Waals surface area contributed by atoms with E-state index in [1.807, 2.05) is 13.8 Å². The van der Waals surface area contributed by atoms with Crippen molar-refractivity contribution in [3.05, 3.63) is 59.0 Å². The Kier molecular flexibility index (Phi) is 8.28. The Labute approximate surface area is 228 Å². The first-order valence-corrected chi connectivity index (χ1v) is 12.6. The first-order chi connectivity index (χ1) is 18.9. The molecule has 6 N–H and O–H groups in total. The van der Waals surface area contributed by atoms with Gasteiger partial charge in [0.05, 0.1) is 10.9 Å². The third-order valence-corrected chi connectivity index (χ3v) is 6.97. The van der Waals surface area contributed by atoms with Gasteiger partial charge in [0.2, 0.25) is 6.29 Å². The zero-order valence-corrected chi connectivity index (χ0v) is 21.8. The topological polar surface area (TPSA) is 196 Å². The van der Waals surface area contributed by atoms with E-state index in [2.05, 4.69) is 5.32 Å². The first-order valence-electron chi connectivity index (χ1n) is 12.6. The van der Waals surface area contributed by atoms with Crippen LogP contribution in [0.5, 0.6) is 11.5 Å². The fourth-order valence-electron chi connectivity index (χ4n) is 4.53. The number of aldehydes is 1. The summed E-state index contributed by atoms with van der Waals surface area (Å²) in [6.45, 7) is 3.81. The molecular formula is C28H31NO11. The summed E-state index contributed by atoms with van der Waals surface area (Å²) in [5.74, 6) is -1.41. The van der Waals surface area contributed by atoms with Crippen LogP contribution in [-0.4, -0.2) is 80.6 Å². The number of phenolic OH excluding ortho intramolecular Hbond substituents is 1. The van der Waals surface area contributed by atoms with Gasteiger partial charge in [-0.05, 0) is 48.7 Å². The highest BCUT2D eigenvalue weighted by Crippen LogP contribution is 2.39. The van der Waals surface area contributed by atoms with Gasteiger partial charge in [0, 0.05) is 12.6 Å². The molecule has 2 aromatic carbocycles. The second-order valence-electron chi connectivity index (χ2n) is 10.2. The number of aliphatic carboxylic acids is 1. The first kappa shape index (κ1) is 29.2. The molecule has 12 heteroatoms. The van der Waals surface area contributed by atoms with E-state index < -0.39 is 42.2 Å². The molecule has 3 aromatic rings. The minimum atomic E-state index is -2.98. The Morgan fingerprint density at radius 1 is 1.18 bits per heavy atom. The van der Waals surface area contributed by atoms with Crippen molar-refractivity contribution in [2.45, 2.75) is 50.0 Å². The summed E-state index contributed by atoms with van der Waals surface area (Å²) in [5.41, 5.74) is -5.14. The number of aliphatic hydroxyl groups excluding tert-OH is 1. The molecular weight excluding hydrogens is 526 g/mol. The van der Waals surface area contributed by atoms with E-state index in [4.69, 9.17) is 13.9 Å². The summed E-state index contributed by atoms with van der Waals surface area (Å²) in [7, 11) is 0. The highest BCUT2D eigenvalue weighted by atomic mass is 16.7. The van der Waals surface area contributed by atoms with Gasteiger partial charge in [0.25, 0.3) is 0 Å². The average Bonchev–Trinajstić information content (AvgIpc) is 2.92. The van der Waals surface area contributed by atoms with Crippen molar-refractivity contribution in [2.24, 2.45) is 5.92 Å². The van der Waals surface area contributed by atoms with Crippen LogP contribution in [0.2, 0.25) is 0 Å². The Hall–Kier alpha value is -3.81. The van der Waals surface area contributed by atoms with Gasteiger partial charge in [-0.15, -0.1) is 0 Å². The molecule has 0 aliphatic carbocycles. The number of carbonyl (C=O) groups is 2. The van der Waals surface area contributed by atoms with E-state index in [0.717, 1.165) is 0 Å². The van der Waals surface area contributed by atoms with Crippen LogP contribution in [0.25, 0.3) is 22.1 Å². The molecule has 0 amide bonds. The monoisotopic (exact) mass is 557 g/mol. The van der Waals surface area contributed by atoms with Crippen LogP contribution in [0.15, 0.2) is 57.9 Å². The standard InChI is InChI=1S/C28H31NO11/c1-15(2)9-10-29-13-27(36)26(40-23(25(34)35)24(33)28(27,37)14-30)39-18-7-8-19-21(11-18)38-12-20(22(19)32)16-3-5-17(31)6-4-16/h3-8,11-12,14-15,23-24,26,29,31,33,36-37H,9-10,13H2,1-2H3,(H,34,35)/t23-,24+,26+,27-,28-/m0/s1. The Morgan fingerprint density at radius 3 is 2.50 bits per heavy atom. The number of hydrogen-bond acceptors (Lipinski definition) is 11. The summed E-state index contributed by atoms with van der Waals surface area (Å²) in [6, 6.07) is 10.0. The molecule has 214 valence electrons. The fourth-order valence-corrected chi connectivity index (χ4v) is 4.53. The van der Waals surface area contributed by atoms with Gasteiger partial charge in [0.15, 0.2) is 29.0 Å². The highest BCUT2D eigenvalue weighted by Gasteiger charge is 2.67. The lowest BCUT2D eigenvalue weighted by Crippen LogP contribution is -2.79. The second-order valence-corrected chi connectivity index (χ2v) is 10.2. The minimum absolute atomic E-state index is 0.0369. The largest absolute Gasteiger partial charge is 0.508 e. The number of carboxylic acids is 1. The number of ether oxygens (including phenoxy) is 2. The van der Waals surface area contributed by atoms with Crippen LogP contribution < -0.4 is 15.5 Å². The molecule has 12 nitrogen and oxygen atoms in total. The predicted octanol–water partition coefficient (Wildman–Crippen LogP) is 1.01. The number of fused-ring (bicyclic) bond motifs is 1. The molecule has 4 rings (SSSR count). The molecule has 1 aliphatic rings. The molecule has 1 fully saturated rings. The minimum Gasteiger partial charge on any atom is -0.508 e. The van der Waals surface area contributed by atoms with E-state index in [0.29, 0.717) is 24.4 Å². The van der Waals surface area contributed by atoms with Crippen LogP contribution in [0.1, 0.15) is 20.3 Å². The summed E-state index contributed by atoms with van der Waals surface area (Å²) in [5, 5.41) is 55.3. The number of phenols is 1. The molecule has 1 saturated heterocycles. The van der Waals surface area contributed by atoms with Gasteiger partial charge in [-0.3, -0.25) is 9.59 Å². The van der Waals surface area contributed by atoms with Gasteiger partial charge in [-0.2, -0.15) is 0 Å². The molecule has 0 spiro atoms. The number of rotatable bonds is 10. The number of carboxylic acid groups (broad SMARTS) is 1. The lowest BCUT2D eigenvalue weighted by molar-refractivity contribution is -0.334. The third kappa shape index (κ3) is 5.31. The Balaban J connectivity index is 1.69. The fraction of sp³-hybridized carbons (Fsp3) is 0.393. The van der Waals surface area contributed by atoms with Gasteiger partial charge in [-0.25, -0.2) is 4.79 Å². The highest BCUT2D eigenvalue weighted by molar-refractivity contribution is 5.82. The number of aliphatic hydroxyl groups is 3. The van der Waals surface area contributed by atoms with Crippen LogP contribution in [0, 0.1) is 5.92 Å². The molecule has 0 saturated carbocycles. The smallest absolute Gasteiger partial charge is 0.335 e. The zero-order chi connectivity index (χ0) is 29.2. The molecule has 0 bridgehead atoms. The van der Waals surface area contributed by atoms with Crippen LogP contribution >= 0.6 is 0 Å². The quantitative estimate of drug-likeness (QED) is 0.153. The van der Waals surface area contributed by atoms with Crippen molar-refractivity contribution in [3.63, 3.8) is 0 Å². The maximum atomic E-state index is 13.1. The van der Waals surface area contributed by atoms with E-state index in [9.17, 15) is 39.9 Å². The van der Waals surface area contributed by atoms with E-state index >= 15 is 0 Å². The van der Waals surface area contributed by atoms with Gasteiger partial charge >= 0.3 is 5.97 Å². The van der Waals surface area contributed by atoms with Crippen molar-refractivity contribution >= 4 is 23.2 Å². The average molecular weight is 558 g/mol. The lowest BCUT2D eigenvalue weighted by Gasteiger charge is -2.51. The Morgan fingerprint density at radius 2 is 1.88 bits per heavy atom. The van der Waals surface area contributed by atoms with Crippen molar-refractivity contribution in [2.75, 3.05) is 13.1 Å². The number of benzene rings is 2. The van der Waals surface area contributed by atoms with Crippen molar-refractivity contribution in [1.29, 1.82) is 0 Å². The van der Waals surface area contributed by atoms with Crippen LogP contribution in [-0.2, 0) is 14.3 Å². The van der Waals surface area contributed by atoms with Gasteiger partial charge in [-0.1, -0.05) is 26.0 Å². The molecule has 1 aliphatic heterocycles. The van der Waals surface area contributed by atoms with Crippen molar-refractivity contribution in [1.82, 2.24) is 5.32 Å². The third-order valence-electron chi connectivity index (χ3n) is 6.97. The molecule has 40 heavy (non-hydrogen) atoms. The van der Waals surface area contributed by atoms with E-state index in [1.54, 1.807) is 12.1 Å². The molecule has 2 heterocycles. The maximum Gasteiger partial charge on any atom is 0.335 e. The Bertz CT molecular complexity index is 1440. The number of hydrogen-bond donors (Lipinski definition) is 6. The summed E-state index contributed by atoms with van der Waals surface area (Å²) < 4.78 is 16.8. The number of carbonyl (C=O) groups excluding carboxylic acids is 1. The van der Waals surface area contributed by atoms with Crippen molar-refractivity contribution < 1.29 is 49.0 Å². The van der Waals surface area contributed by atoms with Crippen LogP contribution in [0.3, 0.4) is 0 Å². The van der Waals surface area contributed by atoms with Gasteiger partial charge in [0.1, 0.15) is 29.4 Å². The zero-order valence-electron chi connectivity index (χ0n) is 21.8. The second kappa shape index (κ2) is 11.4. The molecule has 1 aromatic heterocycles. The lowest BCUT2D eigenvalue weighted by atomic mass is 9.74. The summed E-state index contributed by atoms with van der Waals surface area (Å²) >= 11 is 0. The van der Waals surface area contributed by atoms with Crippen molar-refractivity contribution in [3.8, 4) is 22.6 Å². The van der Waals surface area contributed by atoms with Gasteiger partial charge < -0.3 is 44.7 Å². The summed E-state index contributed by atoms with van der Waals surface area (Å²) in [6.07, 6.45) is -4.58. The molecule has 0 unspecified atom stereocenters. The van der Waals surface area contributed by atoms with E-state index in [-0.39, 0.29) is 39.7 Å².